The van der Waals surface area contributed by atoms with E-state index in [1.54, 1.807) is 18.4 Å². The normalized spacial score (nSPS) is 12.3. The predicted octanol–water partition coefficient (Wildman–Crippen LogP) is 3.29. The molecule has 2 aromatic rings. The molecule has 1 unspecified atom stereocenters. The minimum atomic E-state index is -0.781. The van der Waals surface area contributed by atoms with Gasteiger partial charge in [-0.15, -0.1) is 10.2 Å². The van der Waals surface area contributed by atoms with Crippen molar-refractivity contribution >= 4 is 43.2 Å². The van der Waals surface area contributed by atoms with Crippen molar-refractivity contribution in [1.82, 2.24) is 10.2 Å². The van der Waals surface area contributed by atoms with Crippen LogP contribution >= 0.6 is 27.3 Å². The lowest BCUT2D eigenvalue weighted by atomic mass is 10.2. The van der Waals surface area contributed by atoms with E-state index in [1.165, 1.54) is 17.4 Å². The highest BCUT2D eigenvalue weighted by Crippen LogP contribution is 2.30. The summed E-state index contributed by atoms with van der Waals surface area (Å²) in [6.45, 7) is 0.676. The molecule has 1 aromatic heterocycles. The van der Waals surface area contributed by atoms with E-state index in [4.69, 9.17) is 0 Å². The van der Waals surface area contributed by atoms with Gasteiger partial charge in [-0.2, -0.15) is 0 Å². The van der Waals surface area contributed by atoms with Crippen LogP contribution in [-0.4, -0.2) is 33.0 Å². The summed E-state index contributed by atoms with van der Waals surface area (Å²) in [4.78, 5) is 0. The van der Waals surface area contributed by atoms with E-state index in [9.17, 15) is 8.60 Å². The van der Waals surface area contributed by atoms with Gasteiger partial charge >= 0.3 is 0 Å². The zero-order valence-corrected chi connectivity index (χ0v) is 13.9. The van der Waals surface area contributed by atoms with Gasteiger partial charge in [0.25, 0.3) is 0 Å². The fourth-order valence-corrected chi connectivity index (χ4v) is 3.23. The van der Waals surface area contributed by atoms with Gasteiger partial charge < -0.3 is 5.32 Å². The molecule has 0 amide bonds. The van der Waals surface area contributed by atoms with Gasteiger partial charge in [0.15, 0.2) is 5.01 Å². The minimum Gasteiger partial charge on any atom is -0.360 e. The molecule has 2 rings (SSSR count). The second-order valence-corrected chi connectivity index (χ2v) is 7.54. The molecule has 0 spiro atoms. The van der Waals surface area contributed by atoms with Crippen molar-refractivity contribution in [3.63, 3.8) is 0 Å². The topological polar surface area (TPSA) is 54.9 Å². The number of halogens is 2. The molecule has 0 aliphatic heterocycles. The van der Waals surface area contributed by atoms with Gasteiger partial charge in [0.05, 0.1) is 0 Å². The number of hydrogen-bond donors (Lipinski definition) is 1. The number of nitrogens with zero attached hydrogens (tertiary/aromatic N) is 2. The Bertz CT molecular complexity index is 620. The molecule has 20 heavy (non-hydrogen) atoms. The van der Waals surface area contributed by atoms with Crippen molar-refractivity contribution in [1.29, 1.82) is 0 Å². The van der Waals surface area contributed by atoms with Crippen LogP contribution in [0.1, 0.15) is 6.42 Å². The molecule has 1 atom stereocenters. The highest BCUT2D eigenvalue weighted by Gasteiger charge is 2.11. The predicted molar refractivity (Wildman–Crippen MR) is 85.0 cm³/mol. The molecule has 1 N–H and O–H groups in total. The van der Waals surface area contributed by atoms with Gasteiger partial charge in [0.2, 0.25) is 5.13 Å². The second-order valence-electron chi connectivity index (χ2n) is 4.09. The van der Waals surface area contributed by atoms with Gasteiger partial charge in [0, 0.05) is 39.4 Å². The monoisotopic (exact) mass is 377 g/mol. The molecule has 108 valence electrons. The van der Waals surface area contributed by atoms with Crippen LogP contribution in [-0.2, 0) is 10.8 Å². The summed E-state index contributed by atoms with van der Waals surface area (Å²) in [5, 5.41) is 12.2. The van der Waals surface area contributed by atoms with Crippen LogP contribution in [0.3, 0.4) is 0 Å². The first-order valence-corrected chi connectivity index (χ1v) is 9.23. The summed E-state index contributed by atoms with van der Waals surface area (Å²) < 4.78 is 25.4. The maximum atomic E-state index is 13.7. The molecule has 0 saturated heterocycles. The van der Waals surface area contributed by atoms with Crippen molar-refractivity contribution in [3.05, 3.63) is 28.5 Å². The SMILES string of the molecule is CS(=O)CCCNc1nnc(-c2cc(Br)ccc2F)s1. The number of hydrogen-bond acceptors (Lipinski definition) is 5. The third-order valence-electron chi connectivity index (χ3n) is 2.47. The van der Waals surface area contributed by atoms with Crippen molar-refractivity contribution < 1.29 is 8.60 Å². The van der Waals surface area contributed by atoms with E-state index in [0.717, 1.165) is 10.9 Å². The van der Waals surface area contributed by atoms with Crippen molar-refractivity contribution in [3.8, 4) is 10.6 Å². The molecule has 0 radical (unpaired) electrons. The molecule has 8 heteroatoms. The van der Waals surface area contributed by atoms with Crippen LogP contribution in [0.4, 0.5) is 9.52 Å². The summed E-state index contributed by atoms with van der Waals surface area (Å²) >= 11 is 4.61. The molecule has 0 aliphatic rings. The van der Waals surface area contributed by atoms with Crippen molar-refractivity contribution in [2.24, 2.45) is 0 Å². The summed E-state index contributed by atoms with van der Waals surface area (Å²) in [7, 11) is -0.781. The Hall–Kier alpha value is -0.860. The second kappa shape index (κ2) is 7.24. The number of nitrogens with one attached hydrogen (secondary N) is 1. The van der Waals surface area contributed by atoms with E-state index in [-0.39, 0.29) is 5.82 Å². The van der Waals surface area contributed by atoms with E-state index in [1.807, 2.05) is 0 Å². The summed E-state index contributed by atoms with van der Waals surface area (Å²) in [5.41, 5.74) is 0.430. The number of aromatic nitrogens is 2. The Labute approximate surface area is 131 Å². The molecule has 0 bridgehead atoms. The summed E-state index contributed by atoms with van der Waals surface area (Å²) in [5.74, 6) is 0.330. The minimum absolute atomic E-state index is 0.322. The molecule has 4 nitrogen and oxygen atoms in total. The molecular weight excluding hydrogens is 365 g/mol. The molecule has 1 heterocycles. The lowest BCUT2D eigenvalue weighted by Gasteiger charge is -2.00. The standard InChI is InChI=1S/C12H13BrFN3OS2/c1-20(18)6-2-5-15-12-17-16-11(19-12)9-7-8(13)3-4-10(9)14/h3-4,7H,2,5-6H2,1H3,(H,15,17). The molecule has 1 aromatic carbocycles. The Morgan fingerprint density at radius 1 is 1.45 bits per heavy atom. The zero-order chi connectivity index (χ0) is 14.5. The fourth-order valence-electron chi connectivity index (χ4n) is 1.54. The largest absolute Gasteiger partial charge is 0.360 e. The Balaban J connectivity index is 2.01. The Morgan fingerprint density at radius 2 is 2.25 bits per heavy atom. The average molecular weight is 378 g/mol. The Kier molecular flexibility index (Phi) is 5.62. The maximum Gasteiger partial charge on any atom is 0.206 e. The highest BCUT2D eigenvalue weighted by molar-refractivity contribution is 9.10. The van der Waals surface area contributed by atoms with Gasteiger partial charge in [-0.05, 0) is 24.6 Å². The van der Waals surface area contributed by atoms with E-state index in [2.05, 4.69) is 31.4 Å². The van der Waals surface area contributed by atoms with Crippen molar-refractivity contribution in [2.45, 2.75) is 6.42 Å². The first-order chi connectivity index (χ1) is 9.56. The highest BCUT2D eigenvalue weighted by atomic mass is 79.9. The Morgan fingerprint density at radius 3 is 3.00 bits per heavy atom. The van der Waals surface area contributed by atoms with Crippen LogP contribution in [0.5, 0.6) is 0 Å². The van der Waals surface area contributed by atoms with E-state index < -0.39 is 10.8 Å². The van der Waals surface area contributed by atoms with Crippen LogP contribution in [0.25, 0.3) is 10.6 Å². The first kappa shape index (κ1) is 15.5. The van der Waals surface area contributed by atoms with Crippen LogP contribution < -0.4 is 5.32 Å². The van der Waals surface area contributed by atoms with Gasteiger partial charge in [-0.25, -0.2) is 4.39 Å². The van der Waals surface area contributed by atoms with Gasteiger partial charge in [-0.1, -0.05) is 27.3 Å². The van der Waals surface area contributed by atoms with Crippen LogP contribution in [0.15, 0.2) is 22.7 Å². The van der Waals surface area contributed by atoms with Crippen molar-refractivity contribution in [2.75, 3.05) is 23.9 Å². The number of rotatable bonds is 6. The maximum absolute atomic E-state index is 13.7. The summed E-state index contributed by atoms with van der Waals surface area (Å²) in [6, 6.07) is 4.72. The third kappa shape index (κ3) is 4.32. The lowest BCUT2D eigenvalue weighted by Crippen LogP contribution is -2.05. The van der Waals surface area contributed by atoms with Gasteiger partial charge in [-0.3, -0.25) is 4.21 Å². The molecule has 0 saturated carbocycles. The van der Waals surface area contributed by atoms with E-state index >= 15 is 0 Å². The number of benzene rings is 1. The van der Waals surface area contributed by atoms with Gasteiger partial charge in [0.1, 0.15) is 5.82 Å². The smallest absolute Gasteiger partial charge is 0.206 e. The molecule has 0 fully saturated rings. The number of anilines is 1. The average Bonchev–Trinajstić information content (AvgIpc) is 2.86. The van der Waals surface area contributed by atoms with Crippen LogP contribution in [0.2, 0.25) is 0 Å². The quantitative estimate of drug-likeness (QED) is 0.784. The third-order valence-corrected chi connectivity index (χ3v) is 4.74. The lowest BCUT2D eigenvalue weighted by molar-refractivity contribution is 0.630. The zero-order valence-electron chi connectivity index (χ0n) is 10.7. The summed E-state index contributed by atoms with van der Waals surface area (Å²) in [6.07, 6.45) is 2.47. The molecule has 0 aliphatic carbocycles. The fraction of sp³-hybridized carbons (Fsp3) is 0.333. The van der Waals surface area contributed by atoms with E-state index in [0.29, 0.717) is 28.0 Å². The first-order valence-electron chi connectivity index (χ1n) is 5.89. The van der Waals surface area contributed by atoms with Crippen LogP contribution in [0, 0.1) is 5.82 Å². The molecular formula is C12H13BrFN3OS2.